The van der Waals surface area contributed by atoms with Gasteiger partial charge in [0.1, 0.15) is 5.02 Å². The molecule has 0 unspecified atom stereocenters. The van der Waals surface area contributed by atoms with Gasteiger partial charge in [-0.1, -0.05) is 54.1 Å². The molecule has 2 aromatic carbocycles. The average Bonchev–Trinajstić information content (AvgIpc) is 2.65. The zero-order valence-corrected chi connectivity index (χ0v) is 14.8. The highest BCUT2D eigenvalue weighted by Crippen LogP contribution is 2.29. The second-order valence-corrected chi connectivity index (χ2v) is 6.25. The van der Waals surface area contributed by atoms with Crippen LogP contribution < -0.4 is 10.9 Å². The van der Waals surface area contributed by atoms with Crippen LogP contribution >= 0.6 is 11.6 Å². The molecule has 0 aliphatic heterocycles. The molecule has 0 atom stereocenters. The molecule has 0 amide bonds. The summed E-state index contributed by atoms with van der Waals surface area (Å²) in [4.78, 5) is 12.4. The van der Waals surface area contributed by atoms with Crippen LogP contribution in [-0.4, -0.2) is 9.78 Å². The van der Waals surface area contributed by atoms with Crippen molar-refractivity contribution in [1.29, 1.82) is 0 Å². The number of nitrogens with zero attached hydrogens (tertiary/aromatic N) is 2. The number of nitrogens with one attached hydrogen (secondary N) is 1. The van der Waals surface area contributed by atoms with Crippen LogP contribution in [0.2, 0.25) is 5.02 Å². The zero-order chi connectivity index (χ0) is 19.4. The van der Waals surface area contributed by atoms with E-state index in [1.54, 1.807) is 6.07 Å². The van der Waals surface area contributed by atoms with E-state index in [1.165, 1.54) is 16.9 Å². The normalized spacial score (nSPS) is 11.4. The monoisotopic (exact) mass is 393 g/mol. The summed E-state index contributed by atoms with van der Waals surface area (Å²) in [5.74, 6) is 0. The summed E-state index contributed by atoms with van der Waals surface area (Å²) in [5, 5.41) is 6.88. The number of anilines is 1. The van der Waals surface area contributed by atoms with Gasteiger partial charge in [0, 0.05) is 6.54 Å². The number of alkyl halides is 3. The molecule has 0 fully saturated rings. The van der Waals surface area contributed by atoms with E-state index < -0.39 is 17.3 Å². The van der Waals surface area contributed by atoms with E-state index in [2.05, 4.69) is 10.4 Å². The van der Waals surface area contributed by atoms with Crippen molar-refractivity contribution >= 4 is 17.3 Å². The van der Waals surface area contributed by atoms with E-state index >= 15 is 0 Å². The molecule has 140 valence electrons. The molecule has 0 radical (unpaired) electrons. The number of halogens is 4. The predicted molar refractivity (Wildman–Crippen MR) is 97.8 cm³/mol. The van der Waals surface area contributed by atoms with Crippen molar-refractivity contribution in [3.8, 4) is 0 Å². The molecule has 4 nitrogen and oxygen atoms in total. The van der Waals surface area contributed by atoms with Crippen molar-refractivity contribution in [1.82, 2.24) is 9.78 Å². The molecule has 3 rings (SSSR count). The Kier molecular flexibility index (Phi) is 5.51. The number of hydrogen-bond donors (Lipinski definition) is 1. The van der Waals surface area contributed by atoms with Crippen molar-refractivity contribution in [2.75, 3.05) is 5.32 Å². The van der Waals surface area contributed by atoms with Crippen molar-refractivity contribution < 1.29 is 13.2 Å². The maximum absolute atomic E-state index is 12.8. The third-order valence-corrected chi connectivity index (χ3v) is 4.26. The second-order valence-electron chi connectivity index (χ2n) is 5.87. The van der Waals surface area contributed by atoms with E-state index in [0.29, 0.717) is 5.56 Å². The number of benzene rings is 2. The molecule has 0 saturated heterocycles. The topological polar surface area (TPSA) is 46.9 Å². The average molecular weight is 394 g/mol. The predicted octanol–water partition coefficient (Wildman–Crippen LogP) is 4.58. The Bertz CT molecular complexity index is 987. The first-order valence-electron chi connectivity index (χ1n) is 8.04. The summed E-state index contributed by atoms with van der Waals surface area (Å²) >= 11 is 6.12. The van der Waals surface area contributed by atoms with Gasteiger partial charge in [-0.25, -0.2) is 4.68 Å². The highest BCUT2D eigenvalue weighted by Gasteiger charge is 2.30. The fraction of sp³-hybridized carbons (Fsp3) is 0.158. The first-order chi connectivity index (χ1) is 12.8. The molecule has 8 heteroatoms. The van der Waals surface area contributed by atoms with Crippen molar-refractivity contribution in [2.45, 2.75) is 19.3 Å². The molecule has 0 aliphatic rings. The van der Waals surface area contributed by atoms with Crippen LogP contribution in [0.15, 0.2) is 65.6 Å². The van der Waals surface area contributed by atoms with Crippen molar-refractivity contribution in [3.63, 3.8) is 0 Å². The Morgan fingerprint density at radius 2 is 1.74 bits per heavy atom. The summed E-state index contributed by atoms with van der Waals surface area (Å²) in [6.07, 6.45) is -3.02. The Hall–Kier alpha value is -2.80. The Morgan fingerprint density at radius 1 is 1.04 bits per heavy atom. The highest BCUT2D eigenvalue weighted by atomic mass is 35.5. The Morgan fingerprint density at radius 3 is 2.44 bits per heavy atom. The standard InChI is InChI=1S/C19H15ClF3N3O/c20-17-16(24-10-14-7-4-8-15(9-14)19(21,22)23)11-25-26(18(17)27)12-13-5-2-1-3-6-13/h1-9,11,24H,10,12H2. The first kappa shape index (κ1) is 19.0. The lowest BCUT2D eigenvalue weighted by Gasteiger charge is -2.12. The molecule has 1 heterocycles. The van der Waals surface area contributed by atoms with Gasteiger partial charge in [-0.05, 0) is 23.3 Å². The van der Waals surface area contributed by atoms with Crippen molar-refractivity contribution in [2.24, 2.45) is 0 Å². The van der Waals surface area contributed by atoms with Crippen LogP contribution in [0.5, 0.6) is 0 Å². The molecule has 0 bridgehead atoms. The minimum Gasteiger partial charge on any atom is -0.378 e. The first-order valence-corrected chi connectivity index (χ1v) is 8.42. The van der Waals surface area contributed by atoms with E-state index in [4.69, 9.17) is 11.6 Å². The van der Waals surface area contributed by atoms with Crippen LogP contribution in [0.3, 0.4) is 0 Å². The molecule has 0 saturated carbocycles. The largest absolute Gasteiger partial charge is 0.416 e. The lowest BCUT2D eigenvalue weighted by atomic mass is 10.1. The number of hydrogen-bond acceptors (Lipinski definition) is 3. The fourth-order valence-electron chi connectivity index (χ4n) is 2.51. The van der Waals surface area contributed by atoms with Crippen molar-refractivity contribution in [3.05, 3.63) is 92.9 Å². The quantitative estimate of drug-likeness (QED) is 0.690. The van der Waals surface area contributed by atoms with E-state index in [0.717, 1.165) is 17.7 Å². The minimum atomic E-state index is -4.41. The van der Waals surface area contributed by atoms with Crippen LogP contribution in [0, 0.1) is 0 Å². The van der Waals surface area contributed by atoms with Gasteiger partial charge in [-0.2, -0.15) is 18.3 Å². The van der Waals surface area contributed by atoms with Crippen LogP contribution in [0.25, 0.3) is 0 Å². The van der Waals surface area contributed by atoms with E-state index in [-0.39, 0.29) is 23.8 Å². The zero-order valence-electron chi connectivity index (χ0n) is 14.0. The number of rotatable bonds is 5. The smallest absolute Gasteiger partial charge is 0.378 e. The SMILES string of the molecule is O=c1c(Cl)c(NCc2cccc(C(F)(F)F)c2)cnn1Cc1ccccc1. The molecule has 1 N–H and O–H groups in total. The van der Waals surface area contributed by atoms with Gasteiger partial charge in [-0.15, -0.1) is 0 Å². The van der Waals surface area contributed by atoms with Gasteiger partial charge >= 0.3 is 6.18 Å². The fourth-order valence-corrected chi connectivity index (χ4v) is 2.73. The second kappa shape index (κ2) is 7.84. The van der Waals surface area contributed by atoms with E-state index in [1.807, 2.05) is 30.3 Å². The van der Waals surface area contributed by atoms with Crippen LogP contribution in [-0.2, 0) is 19.3 Å². The molecule has 27 heavy (non-hydrogen) atoms. The maximum Gasteiger partial charge on any atom is 0.416 e. The molecular formula is C19H15ClF3N3O. The summed E-state index contributed by atoms with van der Waals surface area (Å²) in [6.45, 7) is 0.348. The Balaban J connectivity index is 1.75. The summed E-state index contributed by atoms with van der Waals surface area (Å²) in [6, 6.07) is 14.2. The van der Waals surface area contributed by atoms with Gasteiger partial charge in [0.2, 0.25) is 0 Å². The molecule has 0 aliphatic carbocycles. The molecule has 3 aromatic rings. The highest BCUT2D eigenvalue weighted by molar-refractivity contribution is 6.32. The summed E-state index contributed by atoms with van der Waals surface area (Å²) in [5.41, 5.74) is 0.365. The van der Waals surface area contributed by atoms with Gasteiger partial charge in [-0.3, -0.25) is 4.79 Å². The van der Waals surface area contributed by atoms with Crippen LogP contribution in [0.4, 0.5) is 18.9 Å². The number of aromatic nitrogens is 2. The van der Waals surface area contributed by atoms with Gasteiger partial charge < -0.3 is 5.32 Å². The minimum absolute atomic E-state index is 0.0621. The van der Waals surface area contributed by atoms with E-state index in [9.17, 15) is 18.0 Å². The van der Waals surface area contributed by atoms with Crippen LogP contribution in [0.1, 0.15) is 16.7 Å². The third-order valence-electron chi connectivity index (χ3n) is 3.90. The lowest BCUT2D eigenvalue weighted by molar-refractivity contribution is -0.137. The summed E-state index contributed by atoms with van der Waals surface area (Å²) < 4.78 is 39.6. The summed E-state index contributed by atoms with van der Waals surface area (Å²) in [7, 11) is 0. The molecular weight excluding hydrogens is 379 g/mol. The van der Waals surface area contributed by atoms with Gasteiger partial charge in [0.25, 0.3) is 5.56 Å². The molecule has 1 aromatic heterocycles. The van der Waals surface area contributed by atoms with Gasteiger partial charge in [0.15, 0.2) is 0 Å². The lowest BCUT2D eigenvalue weighted by Crippen LogP contribution is -2.24. The maximum atomic E-state index is 12.8. The van der Waals surface area contributed by atoms with Gasteiger partial charge in [0.05, 0.1) is 24.0 Å². The Labute approximate surface area is 158 Å². The molecule has 0 spiro atoms. The third kappa shape index (κ3) is 4.68.